The molecule has 3 aromatic rings. The molecule has 4 rings (SSSR count). The number of nitrogens with zero attached hydrogens (tertiary/aromatic N) is 4. The number of hydrogen-bond acceptors (Lipinski definition) is 6. The average molecular weight is 431 g/mol. The van der Waals surface area contributed by atoms with Crippen LogP contribution in [0.5, 0.6) is 0 Å². The summed E-state index contributed by atoms with van der Waals surface area (Å²) in [6.07, 6.45) is 1.52. The Morgan fingerprint density at radius 2 is 1.97 bits per heavy atom. The van der Waals surface area contributed by atoms with E-state index in [9.17, 15) is 19.5 Å². The number of aromatic nitrogens is 2. The predicted octanol–water partition coefficient (Wildman–Crippen LogP) is 0.791. The molecule has 1 aliphatic heterocycles. The first kappa shape index (κ1) is 21.2. The number of pyridine rings is 2. The topological polar surface area (TPSA) is 128 Å². The summed E-state index contributed by atoms with van der Waals surface area (Å²) in [4.78, 5) is 44.2. The molecule has 1 saturated heterocycles. The van der Waals surface area contributed by atoms with E-state index in [0.29, 0.717) is 16.6 Å². The zero-order valence-electron chi connectivity index (χ0n) is 17.4. The summed E-state index contributed by atoms with van der Waals surface area (Å²) in [6, 6.07) is 13.6. The monoisotopic (exact) mass is 431 g/mol. The lowest BCUT2D eigenvalue weighted by Gasteiger charge is -2.44. The van der Waals surface area contributed by atoms with Gasteiger partial charge in [-0.15, -0.1) is 0 Å². The van der Waals surface area contributed by atoms with E-state index in [0.717, 1.165) is 5.56 Å². The number of β-amino-alcohol motifs (C(OH)–C–C–N with tert-alkyl or cyclic N) is 1. The zero-order chi connectivity index (χ0) is 22.9. The van der Waals surface area contributed by atoms with Crippen molar-refractivity contribution in [2.24, 2.45) is 0 Å². The largest absolute Gasteiger partial charge is 0.386 e. The Bertz CT molecular complexity index is 1300. The maximum absolute atomic E-state index is 13.1. The van der Waals surface area contributed by atoms with E-state index >= 15 is 0 Å². The molecule has 9 nitrogen and oxygen atoms in total. The molecule has 0 bridgehead atoms. The number of fused-ring (bicyclic) bond motifs is 1. The number of aliphatic hydroxyl groups is 1. The third-order valence-corrected chi connectivity index (χ3v) is 5.34. The van der Waals surface area contributed by atoms with Crippen molar-refractivity contribution in [3.05, 3.63) is 75.7 Å². The number of rotatable bonds is 5. The smallest absolute Gasteiger partial charge is 0.265 e. The van der Waals surface area contributed by atoms with Crippen molar-refractivity contribution in [1.29, 1.82) is 5.26 Å². The molecule has 0 atom stereocenters. The summed E-state index contributed by atoms with van der Waals surface area (Å²) in [5.74, 6) is -0.904. The highest BCUT2D eigenvalue weighted by atomic mass is 16.3. The van der Waals surface area contributed by atoms with Crippen LogP contribution in [-0.4, -0.2) is 50.1 Å². The molecular formula is C23H21N5O4. The first-order chi connectivity index (χ1) is 15.3. The van der Waals surface area contributed by atoms with E-state index in [1.54, 1.807) is 43.3 Å². The highest BCUT2D eigenvalue weighted by molar-refractivity contribution is 5.97. The van der Waals surface area contributed by atoms with Gasteiger partial charge in [0.1, 0.15) is 17.8 Å². The number of carbonyl (C=O) groups excluding carboxylic acids is 2. The molecule has 1 aliphatic rings. The SMILES string of the molecule is CC1(O)CN(C(=O)Cn2c(=O)c(C(=O)NCc3ccc(C#N)cc3)cc3cccnc32)C1. The van der Waals surface area contributed by atoms with Gasteiger partial charge in [0.15, 0.2) is 0 Å². The second kappa shape index (κ2) is 8.24. The Hall–Kier alpha value is -4.03. The van der Waals surface area contributed by atoms with Gasteiger partial charge >= 0.3 is 0 Å². The van der Waals surface area contributed by atoms with Gasteiger partial charge in [-0.25, -0.2) is 4.98 Å². The fraction of sp³-hybridized carbons (Fsp3) is 0.261. The van der Waals surface area contributed by atoms with Crippen LogP contribution in [-0.2, 0) is 17.9 Å². The molecule has 0 spiro atoms. The van der Waals surface area contributed by atoms with E-state index in [-0.39, 0.29) is 37.6 Å². The fourth-order valence-corrected chi connectivity index (χ4v) is 3.68. The summed E-state index contributed by atoms with van der Waals surface area (Å²) in [5.41, 5.74) is -0.0364. The van der Waals surface area contributed by atoms with Gasteiger partial charge in [-0.1, -0.05) is 12.1 Å². The van der Waals surface area contributed by atoms with E-state index in [4.69, 9.17) is 5.26 Å². The predicted molar refractivity (Wildman–Crippen MR) is 116 cm³/mol. The Labute approximate surface area is 183 Å². The van der Waals surface area contributed by atoms with Crippen LogP contribution in [0.4, 0.5) is 0 Å². The number of hydrogen-bond donors (Lipinski definition) is 2. The van der Waals surface area contributed by atoms with Crippen LogP contribution >= 0.6 is 0 Å². The van der Waals surface area contributed by atoms with Crippen LogP contribution in [0.25, 0.3) is 11.0 Å². The summed E-state index contributed by atoms with van der Waals surface area (Å²) in [7, 11) is 0. The number of amides is 2. The summed E-state index contributed by atoms with van der Waals surface area (Å²) in [6.45, 7) is 1.92. The first-order valence-corrected chi connectivity index (χ1v) is 10.0. The highest BCUT2D eigenvalue weighted by Gasteiger charge is 2.39. The molecule has 2 N–H and O–H groups in total. The van der Waals surface area contributed by atoms with Gasteiger partial charge in [-0.05, 0) is 42.8 Å². The summed E-state index contributed by atoms with van der Waals surface area (Å²) >= 11 is 0. The molecule has 2 amide bonds. The lowest BCUT2D eigenvalue weighted by molar-refractivity contribution is -0.152. The van der Waals surface area contributed by atoms with Gasteiger partial charge in [0.25, 0.3) is 11.5 Å². The molecule has 0 aliphatic carbocycles. The van der Waals surface area contributed by atoms with Crippen LogP contribution in [0.1, 0.15) is 28.4 Å². The molecule has 0 radical (unpaired) electrons. The van der Waals surface area contributed by atoms with Crippen molar-refractivity contribution >= 4 is 22.8 Å². The van der Waals surface area contributed by atoms with Crippen molar-refractivity contribution in [1.82, 2.24) is 19.8 Å². The van der Waals surface area contributed by atoms with Crippen LogP contribution in [0, 0.1) is 11.3 Å². The third kappa shape index (κ3) is 4.22. The van der Waals surface area contributed by atoms with Crippen molar-refractivity contribution in [3.8, 4) is 6.07 Å². The van der Waals surface area contributed by atoms with Crippen molar-refractivity contribution in [3.63, 3.8) is 0 Å². The Morgan fingerprint density at radius 1 is 1.25 bits per heavy atom. The molecule has 1 fully saturated rings. The van der Waals surface area contributed by atoms with Gasteiger partial charge in [-0.2, -0.15) is 5.26 Å². The van der Waals surface area contributed by atoms with Gasteiger partial charge < -0.3 is 15.3 Å². The summed E-state index contributed by atoms with van der Waals surface area (Å²) in [5, 5.41) is 22.0. The van der Waals surface area contributed by atoms with Gasteiger partial charge in [0.05, 0.1) is 30.3 Å². The van der Waals surface area contributed by atoms with Gasteiger partial charge in [0.2, 0.25) is 5.91 Å². The second-order valence-corrected chi connectivity index (χ2v) is 8.10. The van der Waals surface area contributed by atoms with Crippen LogP contribution in [0.3, 0.4) is 0 Å². The second-order valence-electron chi connectivity index (χ2n) is 8.10. The molecule has 1 aromatic carbocycles. The number of likely N-dealkylation sites (tertiary alicyclic amines) is 1. The molecule has 3 heterocycles. The lowest BCUT2D eigenvalue weighted by atomic mass is 9.97. The van der Waals surface area contributed by atoms with Crippen molar-refractivity contribution in [2.45, 2.75) is 25.6 Å². The lowest BCUT2D eigenvalue weighted by Crippen LogP contribution is -2.62. The first-order valence-electron chi connectivity index (χ1n) is 10.0. The standard InChI is InChI=1S/C23H21N5O4/c1-23(32)13-27(14-23)19(29)12-28-20-17(3-2-8-25-20)9-18(22(28)31)21(30)26-11-16-6-4-15(10-24)5-7-16/h2-9,32H,11-14H2,1H3,(H,26,30). The maximum Gasteiger partial charge on any atom is 0.265 e. The fourth-order valence-electron chi connectivity index (χ4n) is 3.68. The van der Waals surface area contributed by atoms with Gasteiger partial charge in [0, 0.05) is 18.1 Å². The zero-order valence-corrected chi connectivity index (χ0v) is 17.4. The summed E-state index contributed by atoms with van der Waals surface area (Å²) < 4.78 is 1.20. The molecule has 162 valence electrons. The Morgan fingerprint density at radius 3 is 2.62 bits per heavy atom. The minimum atomic E-state index is -0.923. The molecule has 9 heteroatoms. The normalized spacial score (nSPS) is 14.5. The molecule has 32 heavy (non-hydrogen) atoms. The molecule has 0 saturated carbocycles. The number of nitrogens with one attached hydrogen (secondary N) is 1. The van der Waals surface area contributed by atoms with Crippen LogP contribution < -0.4 is 10.9 Å². The molecular weight excluding hydrogens is 410 g/mol. The van der Waals surface area contributed by atoms with E-state index < -0.39 is 17.1 Å². The van der Waals surface area contributed by atoms with E-state index in [1.807, 2.05) is 6.07 Å². The van der Waals surface area contributed by atoms with Crippen LogP contribution in [0.2, 0.25) is 0 Å². The number of nitriles is 1. The van der Waals surface area contributed by atoms with Crippen molar-refractivity contribution < 1.29 is 14.7 Å². The maximum atomic E-state index is 13.1. The average Bonchev–Trinajstić information content (AvgIpc) is 2.77. The van der Waals surface area contributed by atoms with Crippen molar-refractivity contribution in [2.75, 3.05) is 13.1 Å². The third-order valence-electron chi connectivity index (χ3n) is 5.34. The minimum absolute atomic E-state index is 0.0949. The molecule has 2 aromatic heterocycles. The molecule has 0 unspecified atom stereocenters. The Balaban J connectivity index is 1.59. The van der Waals surface area contributed by atoms with Crippen LogP contribution in [0.15, 0.2) is 53.5 Å². The number of benzene rings is 1. The Kier molecular flexibility index (Phi) is 5.47. The number of carbonyl (C=O) groups is 2. The van der Waals surface area contributed by atoms with E-state index in [1.165, 1.54) is 21.7 Å². The quantitative estimate of drug-likeness (QED) is 0.615. The highest BCUT2D eigenvalue weighted by Crippen LogP contribution is 2.20. The minimum Gasteiger partial charge on any atom is -0.386 e. The van der Waals surface area contributed by atoms with Gasteiger partial charge in [-0.3, -0.25) is 19.0 Å². The van der Waals surface area contributed by atoms with E-state index in [2.05, 4.69) is 10.3 Å².